The second-order valence-corrected chi connectivity index (χ2v) is 3.14. The maximum atomic E-state index is 9.55. The molecule has 0 atom stereocenters. The van der Waals surface area contributed by atoms with Gasteiger partial charge in [0.25, 0.3) is 0 Å². The Morgan fingerprint density at radius 1 is 1.25 bits per heavy atom. The standard InChI is InChI=1S/C11H12O/c12-11-8-4-6-9-5-2-1-3-7-10(9)11/h2,4-6,8,12H,1,3,7H2. The van der Waals surface area contributed by atoms with Crippen LogP contribution in [-0.2, 0) is 6.42 Å². The van der Waals surface area contributed by atoms with Crippen LogP contribution in [0.5, 0.6) is 5.75 Å². The van der Waals surface area contributed by atoms with Gasteiger partial charge in [-0.3, -0.25) is 0 Å². The largest absolute Gasteiger partial charge is 0.508 e. The highest BCUT2D eigenvalue weighted by atomic mass is 16.3. The predicted octanol–water partition coefficient (Wildman–Crippen LogP) is 2.74. The minimum atomic E-state index is 0.444. The van der Waals surface area contributed by atoms with Gasteiger partial charge in [0, 0.05) is 5.56 Å². The van der Waals surface area contributed by atoms with Crippen molar-refractivity contribution in [1.29, 1.82) is 0 Å². The lowest BCUT2D eigenvalue weighted by Gasteiger charge is -2.04. The summed E-state index contributed by atoms with van der Waals surface area (Å²) in [6.07, 6.45) is 7.53. The molecule has 0 spiro atoms. The molecule has 0 radical (unpaired) electrons. The second-order valence-electron chi connectivity index (χ2n) is 3.14. The van der Waals surface area contributed by atoms with Crippen LogP contribution in [0.15, 0.2) is 24.3 Å². The van der Waals surface area contributed by atoms with Gasteiger partial charge in [-0.05, 0) is 30.9 Å². The number of phenols is 1. The third-order valence-corrected chi connectivity index (χ3v) is 2.28. The van der Waals surface area contributed by atoms with Crippen LogP contribution in [0.25, 0.3) is 6.08 Å². The Labute approximate surface area is 72.4 Å². The summed E-state index contributed by atoms with van der Waals surface area (Å²) in [5, 5.41) is 9.55. The fourth-order valence-electron chi connectivity index (χ4n) is 1.63. The summed E-state index contributed by atoms with van der Waals surface area (Å²) in [6, 6.07) is 5.71. The van der Waals surface area contributed by atoms with Gasteiger partial charge in [-0.25, -0.2) is 0 Å². The first-order valence-electron chi connectivity index (χ1n) is 4.35. The van der Waals surface area contributed by atoms with Crippen molar-refractivity contribution in [3.05, 3.63) is 35.4 Å². The van der Waals surface area contributed by atoms with E-state index in [-0.39, 0.29) is 0 Å². The van der Waals surface area contributed by atoms with Crippen LogP contribution in [-0.4, -0.2) is 5.11 Å². The number of benzene rings is 1. The smallest absolute Gasteiger partial charge is 0.119 e. The molecule has 1 N–H and O–H groups in total. The van der Waals surface area contributed by atoms with Crippen LogP contribution in [0.1, 0.15) is 24.0 Å². The molecule has 1 nitrogen and oxygen atoms in total. The van der Waals surface area contributed by atoms with E-state index >= 15 is 0 Å². The first kappa shape index (κ1) is 7.41. The third kappa shape index (κ3) is 1.22. The van der Waals surface area contributed by atoms with Crippen LogP contribution >= 0.6 is 0 Å². The molecule has 62 valence electrons. The fraction of sp³-hybridized carbons (Fsp3) is 0.273. The molecule has 0 unspecified atom stereocenters. The lowest BCUT2D eigenvalue weighted by atomic mass is 10.0. The van der Waals surface area contributed by atoms with E-state index in [1.165, 1.54) is 5.56 Å². The molecule has 0 bridgehead atoms. The molecule has 0 heterocycles. The Morgan fingerprint density at radius 2 is 2.17 bits per heavy atom. The lowest BCUT2D eigenvalue weighted by Crippen LogP contribution is -1.87. The lowest BCUT2D eigenvalue weighted by molar-refractivity contribution is 0.467. The molecule has 1 aromatic carbocycles. The van der Waals surface area contributed by atoms with E-state index in [0.29, 0.717) is 5.75 Å². The van der Waals surface area contributed by atoms with Crippen LogP contribution in [0.4, 0.5) is 0 Å². The van der Waals surface area contributed by atoms with E-state index in [0.717, 1.165) is 24.8 Å². The van der Waals surface area contributed by atoms with Crippen LogP contribution in [0.3, 0.4) is 0 Å². The van der Waals surface area contributed by atoms with Crippen molar-refractivity contribution in [1.82, 2.24) is 0 Å². The summed E-state index contributed by atoms with van der Waals surface area (Å²) >= 11 is 0. The Morgan fingerprint density at radius 3 is 3.08 bits per heavy atom. The van der Waals surface area contributed by atoms with Gasteiger partial charge in [0.05, 0.1) is 0 Å². The summed E-state index contributed by atoms with van der Waals surface area (Å²) in [4.78, 5) is 0. The number of hydrogen-bond donors (Lipinski definition) is 1. The van der Waals surface area contributed by atoms with Gasteiger partial charge in [0.2, 0.25) is 0 Å². The maximum Gasteiger partial charge on any atom is 0.119 e. The summed E-state index contributed by atoms with van der Waals surface area (Å²) in [5.74, 6) is 0.444. The van der Waals surface area contributed by atoms with Crippen LogP contribution in [0, 0.1) is 0 Å². The molecule has 1 aromatic rings. The highest BCUT2D eigenvalue weighted by molar-refractivity contribution is 5.58. The Hall–Kier alpha value is -1.24. The van der Waals surface area contributed by atoms with E-state index in [4.69, 9.17) is 0 Å². The topological polar surface area (TPSA) is 20.2 Å². The van der Waals surface area contributed by atoms with Gasteiger partial charge in [-0.1, -0.05) is 24.3 Å². The van der Waals surface area contributed by atoms with Crippen LogP contribution in [0.2, 0.25) is 0 Å². The summed E-state index contributed by atoms with van der Waals surface area (Å²) in [7, 11) is 0. The Bertz CT molecular complexity index is 313. The molecule has 0 fully saturated rings. The van der Waals surface area contributed by atoms with Gasteiger partial charge >= 0.3 is 0 Å². The van der Waals surface area contributed by atoms with Crippen LogP contribution < -0.4 is 0 Å². The van der Waals surface area contributed by atoms with Crippen molar-refractivity contribution in [2.45, 2.75) is 19.3 Å². The van der Waals surface area contributed by atoms with E-state index < -0.39 is 0 Å². The number of aromatic hydroxyl groups is 1. The van der Waals surface area contributed by atoms with Crippen molar-refractivity contribution < 1.29 is 5.11 Å². The minimum Gasteiger partial charge on any atom is -0.508 e. The summed E-state index contributed by atoms with van der Waals surface area (Å²) in [5.41, 5.74) is 2.28. The number of rotatable bonds is 0. The van der Waals surface area contributed by atoms with Crippen molar-refractivity contribution in [2.24, 2.45) is 0 Å². The van der Waals surface area contributed by atoms with E-state index in [1.807, 2.05) is 6.07 Å². The van der Waals surface area contributed by atoms with Crippen molar-refractivity contribution in [2.75, 3.05) is 0 Å². The molecule has 1 aliphatic rings. The zero-order chi connectivity index (χ0) is 8.39. The summed E-state index contributed by atoms with van der Waals surface area (Å²) < 4.78 is 0. The maximum absolute atomic E-state index is 9.55. The number of hydrogen-bond acceptors (Lipinski definition) is 1. The number of phenolic OH excluding ortho intramolecular Hbond substituents is 1. The zero-order valence-electron chi connectivity index (χ0n) is 6.96. The molecular formula is C11H12O. The van der Waals surface area contributed by atoms with Crippen molar-refractivity contribution in [3.8, 4) is 5.75 Å². The van der Waals surface area contributed by atoms with Gasteiger partial charge in [-0.2, -0.15) is 0 Å². The molecule has 0 aliphatic heterocycles. The minimum absolute atomic E-state index is 0.444. The molecule has 0 saturated heterocycles. The SMILES string of the molecule is Oc1cccc2c1CCCC=C2. The normalized spacial score (nSPS) is 15.3. The third-order valence-electron chi connectivity index (χ3n) is 2.28. The molecule has 1 heteroatoms. The molecule has 0 aromatic heterocycles. The Balaban J connectivity index is 2.52. The predicted molar refractivity (Wildman–Crippen MR) is 50.1 cm³/mol. The van der Waals surface area contributed by atoms with Gasteiger partial charge < -0.3 is 5.11 Å². The molecule has 0 amide bonds. The average Bonchev–Trinajstić information content (AvgIpc) is 2.30. The van der Waals surface area contributed by atoms with Crippen molar-refractivity contribution in [3.63, 3.8) is 0 Å². The Kier molecular flexibility index (Phi) is 1.86. The zero-order valence-corrected chi connectivity index (χ0v) is 6.96. The highest BCUT2D eigenvalue weighted by Gasteiger charge is 2.06. The molecule has 2 rings (SSSR count). The second kappa shape index (κ2) is 3.02. The summed E-state index contributed by atoms with van der Waals surface area (Å²) in [6.45, 7) is 0. The molecule has 0 saturated carbocycles. The van der Waals surface area contributed by atoms with Gasteiger partial charge in [0.1, 0.15) is 5.75 Å². The van der Waals surface area contributed by atoms with Gasteiger partial charge in [0.15, 0.2) is 0 Å². The molecular weight excluding hydrogens is 148 g/mol. The van der Waals surface area contributed by atoms with Crippen molar-refractivity contribution >= 4 is 6.08 Å². The monoisotopic (exact) mass is 160 g/mol. The van der Waals surface area contributed by atoms with E-state index in [9.17, 15) is 5.11 Å². The number of allylic oxidation sites excluding steroid dienone is 1. The van der Waals surface area contributed by atoms with E-state index in [2.05, 4.69) is 18.2 Å². The first-order chi connectivity index (χ1) is 5.88. The quantitative estimate of drug-likeness (QED) is 0.618. The number of fused-ring (bicyclic) bond motifs is 1. The molecule has 12 heavy (non-hydrogen) atoms. The fourth-order valence-corrected chi connectivity index (χ4v) is 1.63. The van der Waals surface area contributed by atoms with Gasteiger partial charge in [-0.15, -0.1) is 0 Å². The average molecular weight is 160 g/mol. The molecule has 1 aliphatic carbocycles. The van der Waals surface area contributed by atoms with E-state index in [1.54, 1.807) is 6.07 Å². The first-order valence-corrected chi connectivity index (χ1v) is 4.35. The highest BCUT2D eigenvalue weighted by Crippen LogP contribution is 2.26.